The molecule has 1 heterocycles. The van der Waals surface area contributed by atoms with E-state index in [1.54, 1.807) is 11.9 Å². The Bertz CT molecular complexity index is 579. The molecule has 1 saturated heterocycles. The number of amides is 2. The minimum absolute atomic E-state index is 0.0528. The Balaban J connectivity index is 1.45. The van der Waals surface area contributed by atoms with Crippen LogP contribution in [0, 0.1) is 0 Å². The largest absolute Gasteiger partial charge is 0.329 e. The molecule has 4 rings (SSSR count). The van der Waals surface area contributed by atoms with Gasteiger partial charge in [0.05, 0.1) is 0 Å². The van der Waals surface area contributed by atoms with Gasteiger partial charge in [0.2, 0.25) is 0 Å². The fourth-order valence-electron chi connectivity index (χ4n) is 4.16. The third kappa shape index (κ3) is 3.22. The molecule has 0 aromatic heterocycles. The molecule has 124 valence electrons. The van der Waals surface area contributed by atoms with Crippen LogP contribution in [0.5, 0.6) is 0 Å². The van der Waals surface area contributed by atoms with Crippen LogP contribution in [0.3, 0.4) is 0 Å². The second kappa shape index (κ2) is 6.73. The van der Waals surface area contributed by atoms with Crippen molar-refractivity contribution in [2.75, 3.05) is 18.4 Å². The molecule has 2 amide bonds. The fourth-order valence-corrected chi connectivity index (χ4v) is 4.95. The predicted octanol–water partition coefficient (Wildman–Crippen LogP) is 3.19. The van der Waals surface area contributed by atoms with Crippen molar-refractivity contribution in [1.29, 1.82) is 0 Å². The number of rotatable bonds is 3. The van der Waals surface area contributed by atoms with Crippen molar-refractivity contribution in [2.45, 2.75) is 56.6 Å². The van der Waals surface area contributed by atoms with Crippen molar-refractivity contribution in [1.82, 2.24) is 10.0 Å². The second-order valence-electron chi connectivity index (χ2n) is 6.86. The van der Waals surface area contributed by atoms with Crippen LogP contribution in [0.25, 0.3) is 0 Å². The van der Waals surface area contributed by atoms with Crippen LogP contribution in [0.15, 0.2) is 6.07 Å². The van der Waals surface area contributed by atoms with E-state index >= 15 is 0 Å². The number of anilines is 1. The number of aryl methyl sites for hydroxylation is 2. The number of fused-ring (bicyclic) bond motifs is 2. The lowest BCUT2D eigenvalue weighted by atomic mass is 9.99. The molecule has 0 saturated carbocycles. The van der Waals surface area contributed by atoms with Crippen LogP contribution in [0.4, 0.5) is 10.5 Å². The van der Waals surface area contributed by atoms with E-state index in [0.717, 1.165) is 44.5 Å². The topological polar surface area (TPSA) is 53.2 Å². The summed E-state index contributed by atoms with van der Waals surface area (Å²) in [5, 5.41) is 7.09. The summed E-state index contributed by atoms with van der Waals surface area (Å²) in [7, 11) is 0. The molecule has 1 fully saturated rings. The highest BCUT2D eigenvalue weighted by Crippen LogP contribution is 2.38. The second-order valence-corrected chi connectivity index (χ2v) is 7.96. The first-order valence-corrected chi connectivity index (χ1v) is 9.79. The zero-order chi connectivity index (χ0) is 15.6. The van der Waals surface area contributed by atoms with Gasteiger partial charge in [0, 0.05) is 10.9 Å². The van der Waals surface area contributed by atoms with E-state index in [9.17, 15) is 4.79 Å². The highest BCUT2D eigenvalue weighted by molar-refractivity contribution is 7.98. The van der Waals surface area contributed by atoms with Gasteiger partial charge in [-0.2, -0.15) is 0 Å². The Morgan fingerprint density at radius 3 is 2.35 bits per heavy atom. The van der Waals surface area contributed by atoms with Crippen LogP contribution in [-0.4, -0.2) is 24.4 Å². The molecule has 0 unspecified atom stereocenters. The van der Waals surface area contributed by atoms with Gasteiger partial charge in [0.1, 0.15) is 0 Å². The standard InChI is InChI=1S/C18H25N3OS/c22-18(21-23-14-7-9-19-10-8-14)20-17-15-5-1-3-12(15)11-13-4-2-6-16(13)17/h11,14,19H,1-10H2,(H2,20,21,22). The Morgan fingerprint density at radius 1 is 1.04 bits per heavy atom. The van der Waals surface area contributed by atoms with Crippen LogP contribution in [0.2, 0.25) is 0 Å². The molecule has 1 aromatic carbocycles. The predicted molar refractivity (Wildman–Crippen MR) is 96.1 cm³/mol. The number of benzene rings is 1. The minimum Gasteiger partial charge on any atom is -0.317 e. The van der Waals surface area contributed by atoms with E-state index in [1.807, 2.05) is 0 Å². The third-order valence-corrected chi connectivity index (χ3v) is 6.42. The van der Waals surface area contributed by atoms with Crippen molar-refractivity contribution in [3.05, 3.63) is 28.3 Å². The van der Waals surface area contributed by atoms with Crippen molar-refractivity contribution in [3.8, 4) is 0 Å². The average Bonchev–Trinajstić information content (AvgIpc) is 3.22. The first kappa shape index (κ1) is 15.3. The average molecular weight is 331 g/mol. The lowest BCUT2D eigenvalue weighted by molar-refractivity contribution is 0.257. The highest BCUT2D eigenvalue weighted by atomic mass is 32.2. The number of hydrogen-bond donors (Lipinski definition) is 3. The molecular formula is C18H25N3OS. The molecule has 3 N–H and O–H groups in total. The van der Waals surface area contributed by atoms with Crippen LogP contribution >= 0.6 is 11.9 Å². The maximum Gasteiger partial charge on any atom is 0.329 e. The number of piperidine rings is 1. The lowest BCUT2D eigenvalue weighted by Crippen LogP contribution is -2.33. The van der Waals surface area contributed by atoms with Gasteiger partial charge >= 0.3 is 6.03 Å². The van der Waals surface area contributed by atoms with Gasteiger partial charge in [-0.1, -0.05) is 6.07 Å². The number of hydrogen-bond acceptors (Lipinski definition) is 3. The summed E-state index contributed by atoms with van der Waals surface area (Å²) in [6.07, 6.45) is 9.25. The summed E-state index contributed by atoms with van der Waals surface area (Å²) in [4.78, 5) is 12.4. The summed E-state index contributed by atoms with van der Waals surface area (Å²) >= 11 is 1.59. The van der Waals surface area contributed by atoms with Gasteiger partial charge < -0.3 is 10.6 Å². The smallest absolute Gasteiger partial charge is 0.317 e. The molecule has 2 aliphatic carbocycles. The van der Waals surface area contributed by atoms with Crippen molar-refractivity contribution >= 4 is 23.7 Å². The van der Waals surface area contributed by atoms with E-state index in [2.05, 4.69) is 21.4 Å². The first-order chi connectivity index (χ1) is 11.3. The molecule has 0 atom stereocenters. The molecule has 1 aromatic rings. The monoisotopic (exact) mass is 331 g/mol. The molecule has 0 radical (unpaired) electrons. The van der Waals surface area contributed by atoms with Crippen LogP contribution in [0.1, 0.15) is 47.9 Å². The quantitative estimate of drug-likeness (QED) is 0.746. The minimum atomic E-state index is -0.0528. The van der Waals surface area contributed by atoms with Crippen LogP contribution in [-0.2, 0) is 25.7 Å². The van der Waals surface area contributed by atoms with Gasteiger partial charge in [-0.25, -0.2) is 4.79 Å². The zero-order valence-corrected chi connectivity index (χ0v) is 14.4. The number of urea groups is 1. The van der Waals surface area contributed by atoms with E-state index < -0.39 is 0 Å². The first-order valence-electron chi connectivity index (χ1n) is 8.91. The Hall–Kier alpha value is -1.20. The summed E-state index contributed by atoms with van der Waals surface area (Å²) in [6, 6.07) is 2.35. The molecule has 1 aliphatic heterocycles. The van der Waals surface area contributed by atoms with Crippen LogP contribution < -0.4 is 15.4 Å². The molecule has 3 aliphatic rings. The van der Waals surface area contributed by atoms with E-state index in [1.165, 1.54) is 47.9 Å². The van der Waals surface area contributed by atoms with Crippen molar-refractivity contribution in [2.24, 2.45) is 0 Å². The molecule has 5 heteroatoms. The molecule has 4 nitrogen and oxygen atoms in total. The van der Waals surface area contributed by atoms with E-state index in [4.69, 9.17) is 0 Å². The van der Waals surface area contributed by atoms with Gasteiger partial charge in [0.25, 0.3) is 0 Å². The fraction of sp³-hybridized carbons (Fsp3) is 0.611. The summed E-state index contributed by atoms with van der Waals surface area (Å²) < 4.78 is 3.02. The van der Waals surface area contributed by atoms with Gasteiger partial charge in [-0.3, -0.25) is 4.72 Å². The van der Waals surface area contributed by atoms with Gasteiger partial charge in [0.15, 0.2) is 0 Å². The Labute approximate surface area is 142 Å². The Morgan fingerprint density at radius 2 is 1.70 bits per heavy atom. The highest BCUT2D eigenvalue weighted by Gasteiger charge is 2.25. The van der Waals surface area contributed by atoms with E-state index in [0.29, 0.717) is 5.25 Å². The number of nitrogens with one attached hydrogen (secondary N) is 3. The zero-order valence-electron chi connectivity index (χ0n) is 13.5. The normalized spacial score (nSPS) is 20.2. The van der Waals surface area contributed by atoms with E-state index in [-0.39, 0.29) is 6.03 Å². The Kier molecular flexibility index (Phi) is 4.49. The maximum atomic E-state index is 12.4. The van der Waals surface area contributed by atoms with Crippen molar-refractivity contribution in [3.63, 3.8) is 0 Å². The molecule has 0 bridgehead atoms. The maximum absolute atomic E-state index is 12.4. The summed E-state index contributed by atoms with van der Waals surface area (Å²) in [5.74, 6) is 0. The summed E-state index contributed by atoms with van der Waals surface area (Å²) in [6.45, 7) is 2.11. The van der Waals surface area contributed by atoms with Gasteiger partial charge in [-0.05, 0) is 98.7 Å². The summed E-state index contributed by atoms with van der Waals surface area (Å²) in [5.41, 5.74) is 6.86. The van der Waals surface area contributed by atoms with Crippen molar-refractivity contribution < 1.29 is 4.79 Å². The number of carbonyl (C=O) groups is 1. The SMILES string of the molecule is O=C(NSC1CCNCC1)Nc1c2c(cc3c1CCC3)CCC2. The molecule has 23 heavy (non-hydrogen) atoms. The molecular weight excluding hydrogens is 306 g/mol. The lowest BCUT2D eigenvalue weighted by Gasteiger charge is -2.22. The number of carbonyl (C=O) groups excluding carboxylic acids is 1. The third-order valence-electron chi connectivity index (χ3n) is 5.32. The molecule has 0 spiro atoms. The van der Waals surface area contributed by atoms with Gasteiger partial charge in [-0.15, -0.1) is 0 Å².